The molecule has 1 saturated carbocycles. The number of amides is 1. The van der Waals surface area contributed by atoms with E-state index in [2.05, 4.69) is 5.32 Å². The van der Waals surface area contributed by atoms with E-state index >= 15 is 0 Å². The van der Waals surface area contributed by atoms with E-state index in [0.717, 1.165) is 42.9 Å². The van der Waals surface area contributed by atoms with Crippen molar-refractivity contribution in [2.45, 2.75) is 39.2 Å². The number of carboxylic acid groups (broad SMARTS) is 1. The Kier molecular flexibility index (Phi) is 4.78. The largest absolute Gasteiger partial charge is 0.478 e. The third kappa shape index (κ3) is 4.18. The topological polar surface area (TPSA) is 66.4 Å². The second-order valence-electron chi connectivity index (χ2n) is 5.86. The first kappa shape index (κ1) is 15.3. The van der Waals surface area contributed by atoms with E-state index in [1.165, 1.54) is 0 Å². The maximum Gasteiger partial charge on any atom is 0.328 e. The molecule has 112 valence electrons. The van der Waals surface area contributed by atoms with Gasteiger partial charge in [-0.15, -0.1) is 0 Å². The molecular formula is C17H21NO3. The molecule has 2 rings (SSSR count). The molecule has 4 nitrogen and oxygen atoms in total. The number of hydrogen-bond acceptors (Lipinski definition) is 2. The van der Waals surface area contributed by atoms with Crippen LogP contribution in [0, 0.1) is 5.41 Å². The Morgan fingerprint density at radius 1 is 1.24 bits per heavy atom. The van der Waals surface area contributed by atoms with Crippen LogP contribution in [-0.2, 0) is 16.1 Å². The van der Waals surface area contributed by atoms with Gasteiger partial charge in [0.1, 0.15) is 0 Å². The van der Waals surface area contributed by atoms with Crippen LogP contribution in [0.15, 0.2) is 30.3 Å². The summed E-state index contributed by atoms with van der Waals surface area (Å²) in [6.45, 7) is 2.55. The first-order chi connectivity index (χ1) is 9.99. The lowest BCUT2D eigenvalue weighted by Crippen LogP contribution is -2.36. The van der Waals surface area contributed by atoms with Crippen LogP contribution in [0.25, 0.3) is 6.08 Å². The minimum atomic E-state index is -0.962. The highest BCUT2D eigenvalue weighted by molar-refractivity contribution is 5.85. The van der Waals surface area contributed by atoms with Crippen molar-refractivity contribution in [2.75, 3.05) is 0 Å². The molecular weight excluding hydrogens is 266 g/mol. The highest BCUT2D eigenvalue weighted by Crippen LogP contribution is 2.37. The lowest BCUT2D eigenvalue weighted by Gasteiger charge is -2.22. The molecule has 4 heteroatoms. The minimum Gasteiger partial charge on any atom is -0.478 e. The standard InChI is InChI=1S/C17H21NO3/c1-17(10-2-3-11-17)16(21)18-12-14-6-4-13(5-7-14)8-9-15(19)20/h4-9H,2-3,10-12H2,1H3,(H,18,21)(H,19,20)/b9-8+. The molecule has 2 N–H and O–H groups in total. The van der Waals surface area contributed by atoms with Crippen molar-refractivity contribution in [2.24, 2.45) is 5.41 Å². The lowest BCUT2D eigenvalue weighted by atomic mass is 9.88. The van der Waals surface area contributed by atoms with Crippen LogP contribution in [0.1, 0.15) is 43.7 Å². The Morgan fingerprint density at radius 2 is 1.86 bits per heavy atom. The third-order valence-electron chi connectivity index (χ3n) is 4.11. The molecule has 0 spiro atoms. The van der Waals surface area contributed by atoms with Crippen LogP contribution < -0.4 is 5.32 Å². The van der Waals surface area contributed by atoms with Crippen molar-refractivity contribution in [1.29, 1.82) is 0 Å². The molecule has 1 aromatic carbocycles. The van der Waals surface area contributed by atoms with Crippen molar-refractivity contribution < 1.29 is 14.7 Å². The maximum absolute atomic E-state index is 12.2. The predicted molar refractivity (Wildman–Crippen MR) is 81.5 cm³/mol. The predicted octanol–water partition coefficient (Wildman–Crippen LogP) is 2.98. The van der Waals surface area contributed by atoms with E-state index in [4.69, 9.17) is 5.11 Å². The molecule has 1 aliphatic rings. The van der Waals surface area contributed by atoms with Gasteiger partial charge in [0, 0.05) is 18.0 Å². The van der Waals surface area contributed by atoms with Gasteiger partial charge in [-0.3, -0.25) is 4.79 Å². The zero-order valence-corrected chi connectivity index (χ0v) is 12.3. The van der Waals surface area contributed by atoms with Crippen molar-refractivity contribution in [1.82, 2.24) is 5.32 Å². The molecule has 0 aromatic heterocycles. The van der Waals surface area contributed by atoms with Gasteiger partial charge in [0.15, 0.2) is 0 Å². The fourth-order valence-corrected chi connectivity index (χ4v) is 2.69. The van der Waals surface area contributed by atoms with Crippen molar-refractivity contribution in [3.05, 3.63) is 41.5 Å². The number of benzene rings is 1. The lowest BCUT2D eigenvalue weighted by molar-refractivity contribution is -0.131. The molecule has 1 aromatic rings. The summed E-state index contributed by atoms with van der Waals surface area (Å²) in [4.78, 5) is 22.6. The SMILES string of the molecule is CC1(C(=O)NCc2ccc(/C=C/C(=O)O)cc2)CCCC1. The zero-order valence-electron chi connectivity index (χ0n) is 12.3. The summed E-state index contributed by atoms with van der Waals surface area (Å²) in [5.41, 5.74) is 1.64. The smallest absolute Gasteiger partial charge is 0.328 e. The van der Waals surface area contributed by atoms with Gasteiger partial charge in [0.2, 0.25) is 5.91 Å². The van der Waals surface area contributed by atoms with E-state index < -0.39 is 5.97 Å². The summed E-state index contributed by atoms with van der Waals surface area (Å²) in [7, 11) is 0. The van der Waals surface area contributed by atoms with Crippen molar-refractivity contribution >= 4 is 18.0 Å². The fraction of sp³-hybridized carbons (Fsp3) is 0.412. The summed E-state index contributed by atoms with van der Waals surface area (Å²) < 4.78 is 0. The summed E-state index contributed by atoms with van der Waals surface area (Å²) >= 11 is 0. The molecule has 0 aliphatic heterocycles. The van der Waals surface area contributed by atoms with Gasteiger partial charge in [-0.25, -0.2) is 4.79 Å². The van der Waals surface area contributed by atoms with Crippen LogP contribution in [0.3, 0.4) is 0 Å². The maximum atomic E-state index is 12.2. The minimum absolute atomic E-state index is 0.134. The molecule has 0 unspecified atom stereocenters. The van der Waals surface area contributed by atoms with Crippen LogP contribution in [-0.4, -0.2) is 17.0 Å². The third-order valence-corrected chi connectivity index (χ3v) is 4.11. The van der Waals surface area contributed by atoms with Gasteiger partial charge >= 0.3 is 5.97 Å². The average molecular weight is 287 g/mol. The van der Waals surface area contributed by atoms with Gasteiger partial charge < -0.3 is 10.4 Å². The summed E-state index contributed by atoms with van der Waals surface area (Å²) in [6.07, 6.45) is 6.86. The molecule has 1 fully saturated rings. The Balaban J connectivity index is 1.89. The monoisotopic (exact) mass is 287 g/mol. The van der Waals surface area contributed by atoms with E-state index in [-0.39, 0.29) is 11.3 Å². The Hall–Kier alpha value is -2.10. The van der Waals surface area contributed by atoms with Crippen LogP contribution in [0.2, 0.25) is 0 Å². The van der Waals surface area contributed by atoms with Gasteiger partial charge in [-0.1, -0.05) is 44.0 Å². The van der Waals surface area contributed by atoms with E-state index in [0.29, 0.717) is 6.54 Å². The molecule has 21 heavy (non-hydrogen) atoms. The first-order valence-electron chi connectivity index (χ1n) is 7.28. The number of carboxylic acids is 1. The normalized spacial score (nSPS) is 17.0. The van der Waals surface area contributed by atoms with Gasteiger partial charge in [0.05, 0.1) is 0 Å². The molecule has 1 amide bonds. The quantitative estimate of drug-likeness (QED) is 0.818. The molecule has 1 aliphatic carbocycles. The van der Waals surface area contributed by atoms with E-state index in [1.807, 2.05) is 31.2 Å². The molecule has 0 saturated heterocycles. The van der Waals surface area contributed by atoms with Crippen LogP contribution in [0.4, 0.5) is 0 Å². The van der Waals surface area contributed by atoms with Crippen molar-refractivity contribution in [3.63, 3.8) is 0 Å². The number of nitrogens with one attached hydrogen (secondary N) is 1. The number of carbonyl (C=O) groups is 2. The highest BCUT2D eigenvalue weighted by atomic mass is 16.4. The molecule has 0 atom stereocenters. The van der Waals surface area contributed by atoms with Gasteiger partial charge in [0.25, 0.3) is 0 Å². The second kappa shape index (κ2) is 6.57. The second-order valence-corrected chi connectivity index (χ2v) is 5.86. The Morgan fingerprint density at radius 3 is 2.43 bits per heavy atom. The van der Waals surface area contributed by atoms with Crippen LogP contribution >= 0.6 is 0 Å². The number of carbonyl (C=O) groups excluding carboxylic acids is 1. The van der Waals surface area contributed by atoms with E-state index in [9.17, 15) is 9.59 Å². The Labute approximate surface area is 124 Å². The summed E-state index contributed by atoms with van der Waals surface area (Å²) in [5.74, 6) is -0.828. The molecule has 0 radical (unpaired) electrons. The molecule has 0 bridgehead atoms. The van der Waals surface area contributed by atoms with Gasteiger partial charge in [-0.05, 0) is 30.0 Å². The fourth-order valence-electron chi connectivity index (χ4n) is 2.69. The average Bonchev–Trinajstić information content (AvgIpc) is 2.92. The first-order valence-corrected chi connectivity index (χ1v) is 7.28. The highest BCUT2D eigenvalue weighted by Gasteiger charge is 2.35. The van der Waals surface area contributed by atoms with Gasteiger partial charge in [-0.2, -0.15) is 0 Å². The van der Waals surface area contributed by atoms with Crippen molar-refractivity contribution in [3.8, 4) is 0 Å². The number of aliphatic carboxylic acids is 1. The zero-order chi connectivity index (χ0) is 15.3. The summed E-state index contributed by atoms with van der Waals surface area (Å²) in [5, 5.41) is 11.6. The number of rotatable bonds is 5. The number of hydrogen-bond donors (Lipinski definition) is 2. The van der Waals surface area contributed by atoms with E-state index in [1.54, 1.807) is 6.08 Å². The molecule has 0 heterocycles. The van der Waals surface area contributed by atoms with Crippen LogP contribution in [0.5, 0.6) is 0 Å². The Bertz CT molecular complexity index is 540. The summed E-state index contributed by atoms with van der Waals surface area (Å²) in [6, 6.07) is 7.49.